The largest absolute Gasteiger partial charge is 0.339 e. The molecule has 2 aliphatic heterocycles. The van der Waals surface area contributed by atoms with Crippen LogP contribution in [-0.2, 0) is 11.2 Å². The molecule has 142 valence electrons. The first-order valence-corrected chi connectivity index (χ1v) is 10.5. The van der Waals surface area contributed by atoms with E-state index in [0.717, 1.165) is 37.9 Å². The summed E-state index contributed by atoms with van der Waals surface area (Å²) in [7, 11) is 0. The molecule has 2 amide bonds. The van der Waals surface area contributed by atoms with Gasteiger partial charge in [-0.05, 0) is 42.8 Å². The molecule has 2 aliphatic rings. The van der Waals surface area contributed by atoms with E-state index in [1.807, 2.05) is 41.8 Å². The Labute approximate surface area is 163 Å². The number of hydrogen-bond acceptors (Lipinski definition) is 4. The van der Waals surface area contributed by atoms with Gasteiger partial charge in [-0.2, -0.15) is 0 Å². The highest BCUT2D eigenvalue weighted by atomic mass is 32.1. The Morgan fingerprint density at radius 1 is 1.11 bits per heavy atom. The number of hydrogen-bond donors (Lipinski definition) is 2. The monoisotopic (exact) mass is 383 g/mol. The molecule has 27 heavy (non-hydrogen) atoms. The molecule has 0 saturated carbocycles. The zero-order valence-electron chi connectivity index (χ0n) is 15.3. The smallest absolute Gasteiger partial charge is 0.262 e. The fraction of sp³-hybridized carbons (Fsp3) is 0.429. The van der Waals surface area contributed by atoms with Crippen LogP contribution < -0.4 is 10.6 Å². The predicted molar refractivity (Wildman–Crippen MR) is 107 cm³/mol. The van der Waals surface area contributed by atoms with Gasteiger partial charge in [-0.25, -0.2) is 0 Å². The molecule has 6 heteroatoms. The summed E-state index contributed by atoms with van der Waals surface area (Å²) in [4.78, 5) is 28.9. The van der Waals surface area contributed by atoms with Gasteiger partial charge in [0.2, 0.25) is 5.91 Å². The number of carbonyl (C=O) groups excluding carboxylic acids is 2. The van der Waals surface area contributed by atoms with Crippen molar-refractivity contribution >= 4 is 23.2 Å². The molecule has 3 heterocycles. The van der Waals surface area contributed by atoms with E-state index in [9.17, 15) is 9.59 Å². The van der Waals surface area contributed by atoms with Crippen LogP contribution >= 0.6 is 11.3 Å². The average molecular weight is 384 g/mol. The number of amides is 2. The fourth-order valence-electron chi connectivity index (χ4n) is 4.21. The lowest BCUT2D eigenvalue weighted by atomic mass is 10.0. The SMILES string of the molecule is O=C(NC(Cc1ccccc1)C(=O)N1C2CCNCC1CC2)c1cccs1. The topological polar surface area (TPSA) is 61.4 Å². The summed E-state index contributed by atoms with van der Waals surface area (Å²) in [5, 5.41) is 8.33. The number of benzene rings is 1. The van der Waals surface area contributed by atoms with Gasteiger partial charge in [-0.15, -0.1) is 11.3 Å². The Bertz CT molecular complexity index is 764. The van der Waals surface area contributed by atoms with Gasteiger partial charge in [0.05, 0.1) is 4.88 Å². The molecule has 0 spiro atoms. The van der Waals surface area contributed by atoms with Crippen molar-refractivity contribution in [1.29, 1.82) is 0 Å². The van der Waals surface area contributed by atoms with Gasteiger partial charge in [0.1, 0.15) is 6.04 Å². The Hall–Kier alpha value is -2.18. The lowest BCUT2D eigenvalue weighted by Gasteiger charge is -2.32. The molecular weight excluding hydrogens is 358 g/mol. The average Bonchev–Trinajstić information content (AvgIpc) is 3.29. The molecule has 1 aromatic heterocycles. The van der Waals surface area contributed by atoms with Gasteiger partial charge in [0.25, 0.3) is 5.91 Å². The van der Waals surface area contributed by atoms with E-state index in [-0.39, 0.29) is 23.9 Å². The lowest BCUT2D eigenvalue weighted by Crippen LogP contribution is -2.53. The summed E-state index contributed by atoms with van der Waals surface area (Å²) in [5.41, 5.74) is 1.06. The lowest BCUT2D eigenvalue weighted by molar-refractivity contribution is -0.135. The third-order valence-electron chi connectivity index (χ3n) is 5.54. The van der Waals surface area contributed by atoms with Gasteiger partial charge < -0.3 is 15.5 Å². The molecule has 2 N–H and O–H groups in total. The molecule has 2 fully saturated rings. The number of nitrogens with one attached hydrogen (secondary N) is 2. The van der Waals surface area contributed by atoms with E-state index in [4.69, 9.17) is 0 Å². The van der Waals surface area contributed by atoms with Crippen LogP contribution in [0.25, 0.3) is 0 Å². The van der Waals surface area contributed by atoms with Crippen molar-refractivity contribution in [3.8, 4) is 0 Å². The van der Waals surface area contributed by atoms with Gasteiger partial charge in [0.15, 0.2) is 0 Å². The zero-order valence-corrected chi connectivity index (χ0v) is 16.1. The van der Waals surface area contributed by atoms with Gasteiger partial charge in [-0.3, -0.25) is 9.59 Å². The Morgan fingerprint density at radius 2 is 1.93 bits per heavy atom. The molecule has 2 bridgehead atoms. The van der Waals surface area contributed by atoms with E-state index in [0.29, 0.717) is 11.3 Å². The number of thiophene rings is 1. The third-order valence-corrected chi connectivity index (χ3v) is 6.41. The summed E-state index contributed by atoms with van der Waals surface area (Å²) in [6, 6.07) is 13.6. The summed E-state index contributed by atoms with van der Waals surface area (Å²) < 4.78 is 0. The normalized spacial score (nSPS) is 22.9. The first kappa shape index (κ1) is 18.2. The van der Waals surface area contributed by atoms with Crippen LogP contribution in [0.2, 0.25) is 0 Å². The Morgan fingerprint density at radius 3 is 2.70 bits per heavy atom. The highest BCUT2D eigenvalue weighted by Gasteiger charge is 2.40. The molecule has 3 atom stereocenters. The third kappa shape index (κ3) is 4.06. The van der Waals surface area contributed by atoms with Crippen LogP contribution in [-0.4, -0.2) is 47.9 Å². The number of carbonyl (C=O) groups is 2. The molecular formula is C21H25N3O2S. The first-order chi connectivity index (χ1) is 13.2. The Balaban J connectivity index is 1.56. The highest BCUT2D eigenvalue weighted by Crippen LogP contribution is 2.29. The number of fused-ring (bicyclic) bond motifs is 2. The van der Waals surface area contributed by atoms with Crippen LogP contribution in [0.4, 0.5) is 0 Å². The maximum atomic E-state index is 13.5. The van der Waals surface area contributed by atoms with Crippen molar-refractivity contribution in [2.75, 3.05) is 13.1 Å². The van der Waals surface area contributed by atoms with Crippen molar-refractivity contribution in [3.63, 3.8) is 0 Å². The van der Waals surface area contributed by atoms with Crippen molar-refractivity contribution in [2.24, 2.45) is 0 Å². The molecule has 0 radical (unpaired) electrons. The molecule has 1 aromatic carbocycles. The molecule has 4 rings (SSSR count). The van der Waals surface area contributed by atoms with E-state index in [2.05, 4.69) is 15.5 Å². The summed E-state index contributed by atoms with van der Waals surface area (Å²) in [6.45, 7) is 1.80. The van der Waals surface area contributed by atoms with Crippen molar-refractivity contribution in [3.05, 3.63) is 58.3 Å². The van der Waals surface area contributed by atoms with Crippen LogP contribution in [0.5, 0.6) is 0 Å². The summed E-state index contributed by atoms with van der Waals surface area (Å²) >= 11 is 1.40. The summed E-state index contributed by atoms with van der Waals surface area (Å²) in [6.07, 6.45) is 3.61. The number of rotatable bonds is 5. The Kier molecular flexibility index (Phi) is 5.55. The van der Waals surface area contributed by atoms with Crippen LogP contribution in [0.3, 0.4) is 0 Å². The molecule has 3 unspecified atom stereocenters. The van der Waals surface area contributed by atoms with Crippen LogP contribution in [0.15, 0.2) is 47.8 Å². The molecule has 0 aliphatic carbocycles. The molecule has 2 aromatic rings. The second-order valence-corrected chi connectivity index (χ2v) is 8.26. The van der Waals surface area contributed by atoms with Gasteiger partial charge >= 0.3 is 0 Å². The summed E-state index contributed by atoms with van der Waals surface area (Å²) in [5.74, 6) is -0.112. The minimum absolute atomic E-state index is 0.0555. The van der Waals surface area contributed by atoms with Gasteiger partial charge in [-0.1, -0.05) is 36.4 Å². The minimum atomic E-state index is -0.539. The van der Waals surface area contributed by atoms with Crippen molar-refractivity contribution < 1.29 is 9.59 Å². The van der Waals surface area contributed by atoms with E-state index in [1.165, 1.54) is 11.3 Å². The minimum Gasteiger partial charge on any atom is -0.339 e. The fourth-order valence-corrected chi connectivity index (χ4v) is 4.84. The van der Waals surface area contributed by atoms with E-state index < -0.39 is 6.04 Å². The quantitative estimate of drug-likeness (QED) is 0.834. The molecule has 5 nitrogen and oxygen atoms in total. The zero-order chi connectivity index (χ0) is 18.6. The van der Waals surface area contributed by atoms with Gasteiger partial charge in [0, 0.05) is 25.0 Å². The second-order valence-electron chi connectivity index (χ2n) is 7.32. The second kappa shape index (κ2) is 8.23. The van der Waals surface area contributed by atoms with Crippen molar-refractivity contribution in [1.82, 2.24) is 15.5 Å². The molecule has 2 saturated heterocycles. The first-order valence-electron chi connectivity index (χ1n) is 9.63. The van der Waals surface area contributed by atoms with E-state index >= 15 is 0 Å². The standard InChI is InChI=1S/C21H25N3O2S/c25-20(19-7-4-12-27-19)23-18(13-15-5-2-1-3-6-15)21(26)24-16-8-9-17(24)14-22-11-10-16/h1-7,12,16-18,22H,8-11,13-14H2,(H,23,25). The van der Waals surface area contributed by atoms with Crippen LogP contribution in [0, 0.1) is 0 Å². The number of nitrogens with zero attached hydrogens (tertiary/aromatic N) is 1. The van der Waals surface area contributed by atoms with Crippen molar-refractivity contribution in [2.45, 2.75) is 43.8 Å². The predicted octanol–water partition coefficient (Wildman–Crippen LogP) is 2.44. The maximum Gasteiger partial charge on any atom is 0.262 e. The van der Waals surface area contributed by atoms with Crippen LogP contribution in [0.1, 0.15) is 34.5 Å². The van der Waals surface area contributed by atoms with E-state index in [1.54, 1.807) is 6.07 Å². The maximum absolute atomic E-state index is 13.5. The highest BCUT2D eigenvalue weighted by molar-refractivity contribution is 7.12.